The van der Waals surface area contributed by atoms with Crippen molar-refractivity contribution < 1.29 is 0 Å². The number of piperidine rings is 1. The van der Waals surface area contributed by atoms with E-state index in [-0.39, 0.29) is 0 Å². The summed E-state index contributed by atoms with van der Waals surface area (Å²) in [6, 6.07) is 0. The highest BCUT2D eigenvalue weighted by Crippen LogP contribution is 2.22. The largest absolute Gasteiger partial charge is 0.311 e. The number of hydrogen-bond acceptors (Lipinski definition) is 4. The molecule has 114 valence electrons. The summed E-state index contributed by atoms with van der Waals surface area (Å²) in [5, 5.41) is 11.8. The number of aromatic nitrogens is 3. The maximum Gasteiger partial charge on any atom is 0.0964 e. The highest BCUT2D eigenvalue weighted by atomic mass is 15.4. The molecular formula is C15H29N5. The van der Waals surface area contributed by atoms with E-state index < -0.39 is 0 Å². The van der Waals surface area contributed by atoms with Crippen LogP contribution in [0.2, 0.25) is 0 Å². The van der Waals surface area contributed by atoms with Crippen LogP contribution in [-0.4, -0.2) is 46.1 Å². The van der Waals surface area contributed by atoms with E-state index in [9.17, 15) is 0 Å². The molecule has 1 aliphatic rings. The Hall–Kier alpha value is -0.940. The number of nitrogens with zero attached hydrogens (tertiary/aromatic N) is 4. The lowest BCUT2D eigenvalue weighted by atomic mass is 9.89. The van der Waals surface area contributed by atoms with Gasteiger partial charge in [0.2, 0.25) is 0 Å². The molecule has 2 heterocycles. The summed E-state index contributed by atoms with van der Waals surface area (Å²) in [7, 11) is 0. The van der Waals surface area contributed by atoms with E-state index in [1.54, 1.807) is 0 Å². The van der Waals surface area contributed by atoms with Gasteiger partial charge in [0.1, 0.15) is 0 Å². The zero-order valence-corrected chi connectivity index (χ0v) is 13.2. The first-order valence-electron chi connectivity index (χ1n) is 8.01. The van der Waals surface area contributed by atoms with Crippen molar-refractivity contribution in [3.05, 3.63) is 11.9 Å². The molecule has 5 nitrogen and oxygen atoms in total. The van der Waals surface area contributed by atoms with Crippen LogP contribution in [-0.2, 0) is 13.1 Å². The predicted octanol–water partition coefficient (Wildman–Crippen LogP) is 1.76. The molecule has 1 N–H and O–H groups in total. The Labute approximate surface area is 122 Å². The van der Waals surface area contributed by atoms with Gasteiger partial charge in [-0.05, 0) is 37.8 Å². The van der Waals surface area contributed by atoms with Crippen LogP contribution in [0.1, 0.15) is 39.3 Å². The summed E-state index contributed by atoms with van der Waals surface area (Å²) >= 11 is 0. The molecule has 0 radical (unpaired) electrons. The van der Waals surface area contributed by atoms with E-state index >= 15 is 0 Å². The van der Waals surface area contributed by atoms with Crippen molar-refractivity contribution in [1.82, 2.24) is 25.2 Å². The first kappa shape index (κ1) is 15.4. The van der Waals surface area contributed by atoms with Crippen molar-refractivity contribution in [3.63, 3.8) is 0 Å². The van der Waals surface area contributed by atoms with Crippen LogP contribution in [0.3, 0.4) is 0 Å². The normalized spacial score (nSPS) is 24.1. The van der Waals surface area contributed by atoms with E-state index in [0.29, 0.717) is 0 Å². The lowest BCUT2D eigenvalue weighted by molar-refractivity contribution is 0.133. The van der Waals surface area contributed by atoms with Crippen LogP contribution >= 0.6 is 0 Å². The first-order valence-corrected chi connectivity index (χ1v) is 8.01. The molecule has 1 aromatic rings. The Morgan fingerprint density at radius 1 is 1.30 bits per heavy atom. The average Bonchev–Trinajstić information content (AvgIpc) is 2.88. The van der Waals surface area contributed by atoms with Gasteiger partial charge in [0.05, 0.1) is 12.2 Å². The summed E-state index contributed by atoms with van der Waals surface area (Å²) in [6.07, 6.45) is 4.54. The third-order valence-corrected chi connectivity index (χ3v) is 4.38. The molecule has 0 amide bonds. The second-order valence-corrected chi connectivity index (χ2v) is 6.19. The van der Waals surface area contributed by atoms with Crippen molar-refractivity contribution in [2.45, 2.75) is 46.7 Å². The lowest BCUT2D eigenvalue weighted by Crippen LogP contribution is -2.40. The molecule has 2 unspecified atom stereocenters. The SMILES string of the molecule is CCCNCc1cn(CCN2CCC(C)C(C)C2)nn1. The van der Waals surface area contributed by atoms with Crippen LogP contribution in [0.4, 0.5) is 0 Å². The van der Waals surface area contributed by atoms with Gasteiger partial charge >= 0.3 is 0 Å². The fourth-order valence-corrected chi connectivity index (χ4v) is 2.72. The molecule has 5 heteroatoms. The van der Waals surface area contributed by atoms with Crippen molar-refractivity contribution in [2.24, 2.45) is 11.8 Å². The Balaban J connectivity index is 1.71. The summed E-state index contributed by atoms with van der Waals surface area (Å²) in [5.41, 5.74) is 1.04. The standard InChI is InChI=1S/C15H29N5/c1-4-6-16-10-15-12-20(18-17-15)9-8-19-7-5-13(2)14(3)11-19/h12-14,16H,4-11H2,1-3H3. The number of hydrogen-bond donors (Lipinski definition) is 1. The molecule has 2 rings (SSSR count). The van der Waals surface area contributed by atoms with Crippen molar-refractivity contribution >= 4 is 0 Å². The molecule has 20 heavy (non-hydrogen) atoms. The van der Waals surface area contributed by atoms with Crippen LogP contribution in [0.25, 0.3) is 0 Å². The third-order valence-electron chi connectivity index (χ3n) is 4.38. The monoisotopic (exact) mass is 279 g/mol. The summed E-state index contributed by atoms with van der Waals surface area (Å²) in [6.45, 7) is 13.3. The van der Waals surface area contributed by atoms with Crippen molar-refractivity contribution in [3.8, 4) is 0 Å². The van der Waals surface area contributed by atoms with Gasteiger partial charge in [-0.2, -0.15) is 0 Å². The van der Waals surface area contributed by atoms with Crippen LogP contribution in [0.5, 0.6) is 0 Å². The van der Waals surface area contributed by atoms with E-state index in [1.807, 2.05) is 4.68 Å². The Morgan fingerprint density at radius 2 is 2.15 bits per heavy atom. The van der Waals surface area contributed by atoms with E-state index in [1.165, 1.54) is 19.5 Å². The minimum Gasteiger partial charge on any atom is -0.311 e. The second kappa shape index (κ2) is 7.74. The molecular weight excluding hydrogens is 250 g/mol. The predicted molar refractivity (Wildman–Crippen MR) is 81.4 cm³/mol. The van der Waals surface area contributed by atoms with Gasteiger partial charge < -0.3 is 10.2 Å². The van der Waals surface area contributed by atoms with Crippen LogP contribution in [0.15, 0.2) is 6.20 Å². The highest BCUT2D eigenvalue weighted by Gasteiger charge is 2.22. The summed E-state index contributed by atoms with van der Waals surface area (Å²) in [4.78, 5) is 2.56. The Morgan fingerprint density at radius 3 is 2.90 bits per heavy atom. The Kier molecular flexibility index (Phi) is 5.98. The Bertz CT molecular complexity index is 389. The molecule has 1 aromatic heterocycles. The fraction of sp³-hybridized carbons (Fsp3) is 0.867. The van der Waals surface area contributed by atoms with Gasteiger partial charge in [-0.3, -0.25) is 4.68 Å². The topological polar surface area (TPSA) is 46.0 Å². The molecule has 0 aliphatic carbocycles. The maximum atomic E-state index is 4.21. The third kappa shape index (κ3) is 4.56. The molecule has 2 atom stereocenters. The number of rotatable bonds is 7. The molecule has 0 aromatic carbocycles. The van der Waals surface area contributed by atoms with Gasteiger partial charge in [0.15, 0.2) is 0 Å². The van der Waals surface area contributed by atoms with Crippen molar-refractivity contribution in [2.75, 3.05) is 26.2 Å². The lowest BCUT2D eigenvalue weighted by Gasteiger charge is -2.35. The summed E-state index contributed by atoms with van der Waals surface area (Å²) < 4.78 is 1.98. The van der Waals surface area contributed by atoms with E-state index in [0.717, 1.165) is 50.1 Å². The van der Waals surface area contributed by atoms with Gasteiger partial charge in [0, 0.05) is 25.8 Å². The van der Waals surface area contributed by atoms with Crippen LogP contribution in [0, 0.1) is 11.8 Å². The zero-order chi connectivity index (χ0) is 14.4. The van der Waals surface area contributed by atoms with Gasteiger partial charge in [-0.1, -0.05) is 26.0 Å². The first-order chi connectivity index (χ1) is 9.69. The molecule has 0 saturated carbocycles. The highest BCUT2D eigenvalue weighted by molar-refractivity contribution is 4.91. The minimum atomic E-state index is 0.813. The van der Waals surface area contributed by atoms with Crippen LogP contribution < -0.4 is 5.32 Å². The fourth-order valence-electron chi connectivity index (χ4n) is 2.72. The van der Waals surface area contributed by atoms with Gasteiger partial charge in [-0.25, -0.2) is 0 Å². The molecule has 0 bridgehead atoms. The molecule has 1 aliphatic heterocycles. The van der Waals surface area contributed by atoms with E-state index in [2.05, 4.69) is 47.5 Å². The minimum absolute atomic E-state index is 0.813. The van der Waals surface area contributed by atoms with Gasteiger partial charge in [0.25, 0.3) is 0 Å². The zero-order valence-electron chi connectivity index (χ0n) is 13.2. The number of nitrogens with one attached hydrogen (secondary N) is 1. The van der Waals surface area contributed by atoms with Gasteiger partial charge in [-0.15, -0.1) is 5.10 Å². The summed E-state index contributed by atoms with van der Waals surface area (Å²) in [5.74, 6) is 1.68. The van der Waals surface area contributed by atoms with Crippen molar-refractivity contribution in [1.29, 1.82) is 0 Å². The second-order valence-electron chi connectivity index (χ2n) is 6.19. The number of likely N-dealkylation sites (tertiary alicyclic amines) is 1. The molecule has 1 saturated heterocycles. The average molecular weight is 279 g/mol. The molecule has 0 spiro atoms. The smallest absolute Gasteiger partial charge is 0.0964 e. The van der Waals surface area contributed by atoms with E-state index in [4.69, 9.17) is 0 Å². The maximum absolute atomic E-state index is 4.21. The molecule has 1 fully saturated rings. The quantitative estimate of drug-likeness (QED) is 0.773.